The zero-order valence-electron chi connectivity index (χ0n) is 20.8. The van der Waals surface area contributed by atoms with Gasteiger partial charge in [-0.1, -0.05) is 29.8 Å². The van der Waals surface area contributed by atoms with Gasteiger partial charge in [0.2, 0.25) is 5.78 Å². The van der Waals surface area contributed by atoms with Gasteiger partial charge in [0.25, 0.3) is 5.91 Å². The highest BCUT2D eigenvalue weighted by atomic mass is 35.5. The Labute approximate surface area is 227 Å². The number of phenolic OH excluding ortho intramolecular Hbond substituents is 1. The van der Waals surface area contributed by atoms with Crippen molar-refractivity contribution < 1.29 is 38.5 Å². The molecule has 1 atom stereocenters. The number of fused-ring (bicyclic) bond motifs is 1. The van der Waals surface area contributed by atoms with Crippen LogP contribution < -0.4 is 9.64 Å². The fourth-order valence-corrected chi connectivity index (χ4v) is 4.77. The predicted molar refractivity (Wildman–Crippen MR) is 142 cm³/mol. The molecule has 0 aliphatic carbocycles. The molecule has 5 rings (SSSR count). The normalized spacial score (nSPS) is 15.2. The second-order valence-corrected chi connectivity index (χ2v) is 9.10. The number of ether oxygens (including phenoxy) is 2. The van der Waals surface area contributed by atoms with Crippen molar-refractivity contribution in [1.29, 1.82) is 0 Å². The van der Waals surface area contributed by atoms with Crippen LogP contribution >= 0.6 is 11.6 Å². The summed E-state index contributed by atoms with van der Waals surface area (Å²) in [5, 5.41) is 21.7. The SMILES string of the molecule is CCOC(=O)c1cccc(N2C(=O)C(O)=C(C(=O)c3cc4cc(Cl)cc(OC)c4o3)C2c2ccc(O)cc2)c1. The van der Waals surface area contributed by atoms with Gasteiger partial charge in [0.15, 0.2) is 22.9 Å². The Morgan fingerprint density at radius 3 is 2.49 bits per heavy atom. The Hall–Kier alpha value is -4.76. The van der Waals surface area contributed by atoms with Crippen molar-refractivity contribution in [3.63, 3.8) is 0 Å². The van der Waals surface area contributed by atoms with Crippen LogP contribution in [0.3, 0.4) is 0 Å². The van der Waals surface area contributed by atoms with Gasteiger partial charge in [0.05, 0.1) is 30.9 Å². The number of aliphatic hydroxyl groups is 1. The number of rotatable bonds is 7. The van der Waals surface area contributed by atoms with Crippen molar-refractivity contribution in [2.24, 2.45) is 0 Å². The van der Waals surface area contributed by atoms with E-state index in [0.717, 1.165) is 0 Å². The molecule has 1 aliphatic heterocycles. The third kappa shape index (κ3) is 4.57. The fraction of sp³-hybridized carbons (Fsp3) is 0.138. The fourth-order valence-electron chi connectivity index (χ4n) is 4.55. The van der Waals surface area contributed by atoms with Gasteiger partial charge in [-0.2, -0.15) is 0 Å². The Bertz CT molecular complexity index is 1650. The van der Waals surface area contributed by atoms with Crippen LogP contribution in [0.5, 0.6) is 11.5 Å². The number of amides is 1. The first-order valence-electron chi connectivity index (χ1n) is 11.9. The molecule has 4 aromatic rings. The third-order valence-corrected chi connectivity index (χ3v) is 6.51. The van der Waals surface area contributed by atoms with Crippen molar-refractivity contribution in [2.75, 3.05) is 18.6 Å². The van der Waals surface area contributed by atoms with Crippen molar-refractivity contribution in [1.82, 2.24) is 0 Å². The topological polar surface area (TPSA) is 127 Å². The van der Waals surface area contributed by atoms with E-state index in [0.29, 0.717) is 21.7 Å². The average Bonchev–Trinajstić information content (AvgIpc) is 3.47. The standard InChI is InChI=1S/C29H22ClNO8/c1-3-38-29(36)16-5-4-6-19(12-16)31-24(15-7-9-20(32)10-8-15)23(26(34)28(31)35)25(33)21-13-17-11-18(30)14-22(37-2)27(17)39-21/h4-14,24,32,34H,3H2,1-2H3. The minimum Gasteiger partial charge on any atom is -0.508 e. The van der Waals surface area contributed by atoms with E-state index in [-0.39, 0.29) is 40.5 Å². The summed E-state index contributed by atoms with van der Waals surface area (Å²) in [5.74, 6) is -2.82. The van der Waals surface area contributed by atoms with E-state index in [9.17, 15) is 24.6 Å². The maximum atomic E-state index is 13.9. The third-order valence-electron chi connectivity index (χ3n) is 6.29. The molecule has 0 spiro atoms. The molecule has 3 aromatic carbocycles. The summed E-state index contributed by atoms with van der Waals surface area (Å²) in [6.07, 6.45) is 0. The summed E-state index contributed by atoms with van der Waals surface area (Å²) in [4.78, 5) is 40.9. The first kappa shape index (κ1) is 25.9. The largest absolute Gasteiger partial charge is 0.508 e. The van der Waals surface area contributed by atoms with E-state index in [1.807, 2.05) is 0 Å². The van der Waals surface area contributed by atoms with Crippen LogP contribution in [0.1, 0.15) is 39.4 Å². The number of halogens is 1. The highest BCUT2D eigenvalue weighted by molar-refractivity contribution is 6.31. The molecule has 2 N–H and O–H groups in total. The monoisotopic (exact) mass is 547 g/mol. The Balaban J connectivity index is 1.64. The van der Waals surface area contributed by atoms with Crippen molar-refractivity contribution in [3.8, 4) is 11.5 Å². The summed E-state index contributed by atoms with van der Waals surface area (Å²) in [6, 6.07) is 15.5. The molecule has 0 bridgehead atoms. The molecule has 0 radical (unpaired) electrons. The number of carbonyl (C=O) groups is 3. The smallest absolute Gasteiger partial charge is 0.338 e. The average molecular weight is 548 g/mol. The van der Waals surface area contributed by atoms with Gasteiger partial charge < -0.3 is 24.1 Å². The van der Waals surface area contributed by atoms with Crippen molar-refractivity contribution in [2.45, 2.75) is 13.0 Å². The summed E-state index contributed by atoms with van der Waals surface area (Å²) >= 11 is 6.16. The van der Waals surface area contributed by atoms with Crippen LogP contribution in [0.25, 0.3) is 11.0 Å². The van der Waals surface area contributed by atoms with Gasteiger partial charge in [0, 0.05) is 22.2 Å². The van der Waals surface area contributed by atoms with Crippen LogP contribution in [0.4, 0.5) is 5.69 Å². The second-order valence-electron chi connectivity index (χ2n) is 8.67. The zero-order chi connectivity index (χ0) is 27.8. The molecule has 1 amide bonds. The Morgan fingerprint density at radius 1 is 1.05 bits per heavy atom. The number of esters is 1. The number of anilines is 1. The van der Waals surface area contributed by atoms with E-state index in [2.05, 4.69) is 0 Å². The van der Waals surface area contributed by atoms with E-state index >= 15 is 0 Å². The van der Waals surface area contributed by atoms with E-state index in [1.54, 1.807) is 25.1 Å². The van der Waals surface area contributed by atoms with Gasteiger partial charge >= 0.3 is 5.97 Å². The molecule has 0 saturated carbocycles. The van der Waals surface area contributed by atoms with Crippen LogP contribution in [0.15, 0.2) is 82.5 Å². The van der Waals surface area contributed by atoms with Gasteiger partial charge in [-0.15, -0.1) is 0 Å². The molecule has 0 fully saturated rings. The van der Waals surface area contributed by atoms with Gasteiger partial charge in [-0.3, -0.25) is 14.5 Å². The molecule has 1 aliphatic rings. The number of aromatic hydroxyl groups is 1. The molecule has 39 heavy (non-hydrogen) atoms. The number of carbonyl (C=O) groups excluding carboxylic acids is 3. The second kappa shape index (κ2) is 10.2. The van der Waals surface area contributed by atoms with Crippen LogP contribution in [0.2, 0.25) is 5.02 Å². The molecule has 9 nitrogen and oxygen atoms in total. The number of phenols is 1. The van der Waals surface area contributed by atoms with E-state index < -0.39 is 29.5 Å². The number of benzene rings is 3. The van der Waals surface area contributed by atoms with Gasteiger partial charge in [-0.25, -0.2) is 4.79 Å². The molecule has 10 heteroatoms. The Morgan fingerprint density at radius 2 is 1.79 bits per heavy atom. The van der Waals surface area contributed by atoms with Gasteiger partial charge in [0.1, 0.15) is 5.75 Å². The molecule has 2 heterocycles. The van der Waals surface area contributed by atoms with Crippen molar-refractivity contribution in [3.05, 3.63) is 100.0 Å². The lowest BCUT2D eigenvalue weighted by atomic mass is 9.94. The van der Waals surface area contributed by atoms with E-state index in [4.69, 9.17) is 25.5 Å². The summed E-state index contributed by atoms with van der Waals surface area (Å²) in [7, 11) is 1.43. The number of methoxy groups -OCH3 is 1. The highest BCUT2D eigenvalue weighted by Gasteiger charge is 2.45. The number of hydrogen-bond acceptors (Lipinski definition) is 8. The number of Topliss-reactive ketones (excluding diaryl/α,β-unsaturated/α-hetero) is 1. The highest BCUT2D eigenvalue weighted by Crippen LogP contribution is 2.43. The number of ketones is 1. The number of furan rings is 1. The predicted octanol–water partition coefficient (Wildman–Crippen LogP) is 5.76. The summed E-state index contributed by atoms with van der Waals surface area (Å²) in [6.45, 7) is 1.84. The molecule has 198 valence electrons. The minimum atomic E-state index is -1.11. The van der Waals surface area contributed by atoms with Crippen LogP contribution in [0, 0.1) is 0 Å². The maximum absolute atomic E-state index is 13.9. The van der Waals surface area contributed by atoms with Crippen LogP contribution in [-0.4, -0.2) is 41.6 Å². The first-order chi connectivity index (χ1) is 18.7. The van der Waals surface area contributed by atoms with E-state index in [1.165, 1.54) is 60.5 Å². The lowest BCUT2D eigenvalue weighted by Gasteiger charge is -2.27. The summed E-state index contributed by atoms with van der Waals surface area (Å²) in [5.41, 5.74) is 0.890. The first-order valence-corrected chi connectivity index (χ1v) is 12.3. The number of hydrogen-bond donors (Lipinski definition) is 2. The number of aliphatic hydroxyl groups excluding tert-OH is 1. The molecular formula is C29H22ClNO8. The van der Waals surface area contributed by atoms with Crippen molar-refractivity contribution >= 4 is 45.9 Å². The van der Waals surface area contributed by atoms with Gasteiger partial charge in [-0.05, 0) is 55.0 Å². The molecule has 0 saturated heterocycles. The Kier molecular flexibility index (Phi) is 6.76. The quantitative estimate of drug-likeness (QED) is 0.221. The molecule has 1 unspecified atom stereocenters. The maximum Gasteiger partial charge on any atom is 0.338 e. The lowest BCUT2D eigenvalue weighted by molar-refractivity contribution is -0.117. The summed E-state index contributed by atoms with van der Waals surface area (Å²) < 4.78 is 16.2. The van der Waals surface area contributed by atoms with Crippen LogP contribution in [-0.2, 0) is 9.53 Å². The minimum absolute atomic E-state index is 0.0266. The number of nitrogens with zero attached hydrogens (tertiary/aromatic N) is 1. The lowest BCUT2D eigenvalue weighted by Crippen LogP contribution is -2.31. The molecular weight excluding hydrogens is 526 g/mol. The molecule has 1 aromatic heterocycles. The zero-order valence-corrected chi connectivity index (χ0v) is 21.6.